The monoisotopic (exact) mass is 1070 g/mol. The molecule has 0 aliphatic carbocycles. The number of amides is 3. The molecule has 3 fully saturated rings. The third-order valence-corrected chi connectivity index (χ3v) is 14.8. The maximum Gasteiger partial charge on any atom is 0.490 e. The number of nitrogens with one attached hydrogen (secondary N) is 2. The Labute approximate surface area is 441 Å². The van der Waals surface area contributed by atoms with E-state index >= 15 is 0 Å². The molecule has 3 aliphatic heterocycles. The van der Waals surface area contributed by atoms with Gasteiger partial charge in [0.1, 0.15) is 6.04 Å². The van der Waals surface area contributed by atoms with Gasteiger partial charge in [0, 0.05) is 80.3 Å². The maximum atomic E-state index is 14.5. The predicted octanol–water partition coefficient (Wildman–Crippen LogP) is 7.40. The molecule has 21 heteroatoms. The first-order valence-electron chi connectivity index (χ1n) is 25.2. The Morgan fingerprint density at radius 2 is 1.49 bits per heavy atom. The SMILES string of the molecule is Cc1cc(C[C@@H](NC(=O)N2CCC(c3cc4ccccc4[nH]c3=O)CC2)C(=O)N2CCN(C3CCN(C)CC3)CC2)cc2cn(COC(=O)c3ccc(Cc4ccc(C(=O)O)c(CCl)c4)cc3)nc12.O=C(O)C(F)(F)F. The summed E-state index contributed by atoms with van der Waals surface area (Å²) in [5.74, 6) is -4.29. The van der Waals surface area contributed by atoms with Gasteiger partial charge in [-0.05, 0) is 135 Å². The van der Waals surface area contributed by atoms with Crippen molar-refractivity contribution in [1.82, 2.24) is 39.7 Å². The average molecular weight is 1070 g/mol. The number of carboxylic acids is 2. The van der Waals surface area contributed by atoms with Gasteiger partial charge in [0.25, 0.3) is 5.56 Å². The zero-order valence-electron chi connectivity index (χ0n) is 42.2. The van der Waals surface area contributed by atoms with Crippen LogP contribution in [0.25, 0.3) is 21.8 Å². The highest BCUT2D eigenvalue weighted by Gasteiger charge is 2.38. The molecular weight excluding hydrogens is 1010 g/mol. The highest BCUT2D eigenvalue weighted by molar-refractivity contribution is 6.17. The summed E-state index contributed by atoms with van der Waals surface area (Å²) in [4.78, 5) is 86.9. The third-order valence-electron chi connectivity index (χ3n) is 14.5. The number of piperidine rings is 2. The molecule has 2 aromatic heterocycles. The number of aromatic amines is 1. The molecule has 6 aromatic rings. The Morgan fingerprint density at radius 1 is 0.816 bits per heavy atom. The molecule has 0 spiro atoms. The summed E-state index contributed by atoms with van der Waals surface area (Å²) in [6.07, 6.45) is 1.06. The summed E-state index contributed by atoms with van der Waals surface area (Å²) in [6.45, 7) is 7.69. The van der Waals surface area contributed by atoms with Crippen molar-refractivity contribution in [2.75, 3.05) is 59.4 Å². The van der Waals surface area contributed by atoms with Crippen molar-refractivity contribution < 1.29 is 52.1 Å². The lowest BCUT2D eigenvalue weighted by Crippen LogP contribution is -2.59. The highest BCUT2D eigenvalue weighted by Crippen LogP contribution is 2.29. The number of H-pyrrole nitrogens is 1. The van der Waals surface area contributed by atoms with Crippen molar-refractivity contribution in [3.63, 3.8) is 0 Å². The summed E-state index contributed by atoms with van der Waals surface area (Å²) >= 11 is 6.01. The number of likely N-dealkylation sites (tertiary alicyclic amines) is 2. The number of benzene rings is 4. The molecule has 3 saturated heterocycles. The Morgan fingerprint density at radius 3 is 2.14 bits per heavy atom. The number of esters is 1. The number of carbonyl (C=O) groups is 5. The fourth-order valence-electron chi connectivity index (χ4n) is 10.3. The predicted molar refractivity (Wildman–Crippen MR) is 279 cm³/mol. The van der Waals surface area contributed by atoms with Gasteiger partial charge >= 0.3 is 30.1 Å². The first-order chi connectivity index (χ1) is 36.3. The number of alkyl halides is 4. The van der Waals surface area contributed by atoms with Gasteiger partial charge < -0.3 is 40.0 Å². The molecule has 0 saturated carbocycles. The second-order valence-electron chi connectivity index (χ2n) is 19.7. The van der Waals surface area contributed by atoms with Gasteiger partial charge in [-0.1, -0.05) is 48.5 Å². The molecule has 0 bridgehead atoms. The molecular formula is C55H60ClF3N8O9. The van der Waals surface area contributed by atoms with Crippen molar-refractivity contribution in [2.24, 2.45) is 0 Å². The van der Waals surface area contributed by atoms with E-state index in [1.54, 1.807) is 39.9 Å². The van der Waals surface area contributed by atoms with E-state index in [-0.39, 0.29) is 48.0 Å². The molecule has 4 aromatic carbocycles. The summed E-state index contributed by atoms with van der Waals surface area (Å²) in [7, 11) is 2.16. The van der Waals surface area contributed by atoms with Crippen molar-refractivity contribution >= 4 is 63.3 Å². The number of fused-ring (bicyclic) bond motifs is 2. The van der Waals surface area contributed by atoms with E-state index in [0.717, 1.165) is 88.6 Å². The minimum absolute atomic E-state index is 0.0159. The van der Waals surface area contributed by atoms with E-state index in [0.29, 0.717) is 62.6 Å². The van der Waals surface area contributed by atoms with Crippen molar-refractivity contribution in [3.8, 4) is 0 Å². The van der Waals surface area contributed by atoms with Crippen LogP contribution in [0, 0.1) is 6.92 Å². The number of aryl methyl sites for hydroxylation is 1. The van der Waals surface area contributed by atoms with Crippen molar-refractivity contribution in [2.45, 2.75) is 82.2 Å². The smallest absolute Gasteiger partial charge is 0.478 e. The zero-order chi connectivity index (χ0) is 54.3. The van der Waals surface area contributed by atoms with Crippen LogP contribution in [0.1, 0.15) is 85.7 Å². The average Bonchev–Trinajstić information content (AvgIpc) is 3.84. The lowest BCUT2D eigenvalue weighted by molar-refractivity contribution is -0.192. The highest BCUT2D eigenvalue weighted by atomic mass is 35.5. The summed E-state index contributed by atoms with van der Waals surface area (Å²) in [5, 5.41) is 26.2. The summed E-state index contributed by atoms with van der Waals surface area (Å²) in [5.41, 5.74) is 6.88. The number of rotatable bonds is 13. The Hall–Kier alpha value is -7.29. The molecule has 5 heterocycles. The lowest BCUT2D eigenvalue weighted by Gasteiger charge is -2.43. The number of aromatic nitrogens is 3. The third kappa shape index (κ3) is 13.6. The lowest BCUT2D eigenvalue weighted by atomic mass is 9.89. The number of aromatic carboxylic acids is 1. The van der Waals surface area contributed by atoms with Gasteiger partial charge in [-0.25, -0.2) is 23.9 Å². The normalized spacial score (nSPS) is 16.5. The van der Waals surface area contributed by atoms with Crippen LogP contribution in [0.15, 0.2) is 95.9 Å². The molecule has 3 amide bonds. The first kappa shape index (κ1) is 55.0. The van der Waals surface area contributed by atoms with Gasteiger partial charge in [-0.2, -0.15) is 18.3 Å². The zero-order valence-corrected chi connectivity index (χ0v) is 42.9. The number of ether oxygens (including phenoxy) is 1. The van der Waals surface area contributed by atoms with Crippen molar-refractivity contribution in [1.29, 1.82) is 0 Å². The van der Waals surface area contributed by atoms with Crippen molar-refractivity contribution in [3.05, 3.63) is 146 Å². The van der Waals surface area contributed by atoms with Gasteiger partial charge in [-0.3, -0.25) is 14.5 Å². The van der Waals surface area contributed by atoms with E-state index in [9.17, 15) is 42.3 Å². The Kier molecular flexibility index (Phi) is 17.5. The number of hydrogen-bond acceptors (Lipinski definition) is 10. The minimum atomic E-state index is -5.08. The van der Waals surface area contributed by atoms with Gasteiger partial charge in [0.05, 0.1) is 16.6 Å². The van der Waals surface area contributed by atoms with Crippen LogP contribution in [0.3, 0.4) is 0 Å². The number of para-hydroxylation sites is 1. The molecule has 76 heavy (non-hydrogen) atoms. The maximum absolute atomic E-state index is 14.5. The number of halogens is 4. The fraction of sp³-hybridized carbons (Fsp3) is 0.400. The van der Waals surface area contributed by atoms with Crippen LogP contribution < -0.4 is 10.9 Å². The standard InChI is InChI=1S/C53H59ClN8O7.C2HF3O2/c1-34-25-37(28-42-32-62(57-48(34)42)33-69-52(67)39-10-7-35(8-11-39)26-36-9-12-44(51(65)66)41(27-36)31-54)29-47(50(64)60-23-21-59(22-24-60)43-15-17-58(2)18-16-43)56-53(68)61-19-13-38(14-20-61)45-30-40-5-3-4-6-46(40)55-49(45)63;3-2(4,5)1(6)7/h3-12,25,27-28,30,32,38,43,47H,13-24,26,29,31,33H2,1-2H3,(H,55,63)(H,56,68)(H,65,66);(H,6,7)/t47-;/m1./s1. The molecule has 402 valence electrons. The minimum Gasteiger partial charge on any atom is -0.478 e. The number of carboxylic acid groups (broad SMARTS) is 2. The van der Waals surface area contributed by atoms with Gasteiger partial charge in [0.2, 0.25) is 5.91 Å². The first-order valence-corrected chi connectivity index (χ1v) is 25.7. The number of nitrogens with zero attached hydrogens (tertiary/aromatic N) is 6. The molecule has 9 rings (SSSR count). The second kappa shape index (κ2) is 24.1. The number of pyridine rings is 1. The van der Waals surface area contributed by atoms with Crippen LogP contribution in [-0.2, 0) is 39.8 Å². The number of carbonyl (C=O) groups excluding carboxylic acids is 3. The molecule has 0 radical (unpaired) electrons. The number of piperazine rings is 1. The second-order valence-corrected chi connectivity index (χ2v) is 20.0. The fourth-order valence-corrected chi connectivity index (χ4v) is 10.5. The molecule has 3 aliphatic rings. The van der Waals surface area contributed by atoms with Crippen LogP contribution >= 0.6 is 11.6 Å². The quantitative estimate of drug-likeness (QED) is 0.0659. The van der Waals surface area contributed by atoms with E-state index in [1.165, 1.54) is 0 Å². The molecule has 1 atom stereocenters. The Bertz CT molecular complexity index is 3140. The summed E-state index contributed by atoms with van der Waals surface area (Å²) in [6, 6.07) is 25.3. The van der Waals surface area contributed by atoms with E-state index in [2.05, 4.69) is 27.1 Å². The van der Waals surface area contributed by atoms with Gasteiger partial charge in [-0.15, -0.1) is 11.6 Å². The van der Waals surface area contributed by atoms with Gasteiger partial charge in [0.15, 0.2) is 6.73 Å². The van der Waals surface area contributed by atoms with E-state index in [1.807, 2.05) is 72.6 Å². The van der Waals surface area contributed by atoms with E-state index in [4.69, 9.17) is 31.3 Å². The largest absolute Gasteiger partial charge is 0.490 e. The molecule has 4 N–H and O–H groups in total. The number of urea groups is 1. The van der Waals surface area contributed by atoms with Crippen LogP contribution in [-0.4, -0.2) is 152 Å². The van der Waals surface area contributed by atoms with Crippen LogP contribution in [0.5, 0.6) is 0 Å². The topological polar surface area (TPSA) is 211 Å². The molecule has 17 nitrogen and oxygen atoms in total. The number of aliphatic carboxylic acids is 1. The van der Waals surface area contributed by atoms with E-state index < -0.39 is 30.1 Å². The number of hydrogen-bond donors (Lipinski definition) is 4. The molecule has 0 unspecified atom stereocenters. The summed E-state index contributed by atoms with van der Waals surface area (Å²) < 4.78 is 39.0. The van der Waals surface area contributed by atoms with Crippen LogP contribution in [0.2, 0.25) is 0 Å². The van der Waals surface area contributed by atoms with Crippen LogP contribution in [0.4, 0.5) is 18.0 Å². The Balaban J connectivity index is 0.00000102.